The number of hydrogen-bond donors (Lipinski definition) is 0. The summed E-state index contributed by atoms with van der Waals surface area (Å²) in [7, 11) is 1.78. The van der Waals surface area contributed by atoms with E-state index in [2.05, 4.69) is 0 Å². The molecule has 1 amide bonds. The van der Waals surface area contributed by atoms with E-state index in [9.17, 15) is 4.79 Å². The minimum absolute atomic E-state index is 0.00828. The zero-order valence-corrected chi connectivity index (χ0v) is 11.2. The Morgan fingerprint density at radius 1 is 1.05 bits per heavy atom. The molecule has 0 saturated heterocycles. The van der Waals surface area contributed by atoms with Crippen LogP contribution < -0.4 is 0 Å². The van der Waals surface area contributed by atoms with Crippen LogP contribution in [-0.2, 0) is 6.54 Å². The Hall–Kier alpha value is -2.55. The van der Waals surface area contributed by atoms with Crippen LogP contribution in [-0.4, -0.2) is 17.9 Å². The van der Waals surface area contributed by atoms with Crippen molar-refractivity contribution >= 4 is 16.9 Å². The van der Waals surface area contributed by atoms with E-state index in [1.165, 1.54) is 0 Å². The highest BCUT2D eigenvalue weighted by Gasteiger charge is 2.13. The molecule has 3 aromatic rings. The van der Waals surface area contributed by atoms with E-state index in [0.29, 0.717) is 12.1 Å². The Kier molecular flexibility index (Phi) is 3.25. The first-order valence-corrected chi connectivity index (χ1v) is 6.52. The van der Waals surface area contributed by atoms with Gasteiger partial charge in [-0.05, 0) is 24.3 Å². The summed E-state index contributed by atoms with van der Waals surface area (Å²) in [6.07, 6.45) is 0. The fourth-order valence-electron chi connectivity index (χ4n) is 2.22. The van der Waals surface area contributed by atoms with Crippen LogP contribution in [0, 0.1) is 0 Å². The fraction of sp³-hybridized carbons (Fsp3) is 0.118. The fourth-order valence-corrected chi connectivity index (χ4v) is 2.22. The summed E-state index contributed by atoms with van der Waals surface area (Å²) in [5, 5.41) is 1.06. The lowest BCUT2D eigenvalue weighted by atomic mass is 10.2. The van der Waals surface area contributed by atoms with Crippen molar-refractivity contribution in [1.82, 2.24) is 4.90 Å². The molecule has 3 nitrogen and oxygen atoms in total. The van der Waals surface area contributed by atoms with Crippen molar-refractivity contribution in [2.24, 2.45) is 0 Å². The van der Waals surface area contributed by atoms with Crippen molar-refractivity contribution in [3.63, 3.8) is 0 Å². The van der Waals surface area contributed by atoms with Gasteiger partial charge in [-0.15, -0.1) is 0 Å². The van der Waals surface area contributed by atoms with E-state index in [-0.39, 0.29) is 5.91 Å². The van der Waals surface area contributed by atoms with Crippen molar-refractivity contribution in [2.75, 3.05) is 7.05 Å². The molecule has 1 heterocycles. The monoisotopic (exact) mass is 265 g/mol. The average Bonchev–Trinajstić information content (AvgIpc) is 2.89. The van der Waals surface area contributed by atoms with Crippen LogP contribution in [0.1, 0.15) is 16.1 Å². The van der Waals surface area contributed by atoms with Gasteiger partial charge in [0.05, 0.1) is 6.54 Å². The summed E-state index contributed by atoms with van der Waals surface area (Å²) in [6.45, 7) is 0.461. The smallest absolute Gasteiger partial charge is 0.254 e. The third kappa shape index (κ3) is 2.43. The quantitative estimate of drug-likeness (QED) is 0.723. The number of rotatable bonds is 3. The maximum Gasteiger partial charge on any atom is 0.254 e. The van der Waals surface area contributed by atoms with Gasteiger partial charge in [-0.2, -0.15) is 0 Å². The molecular weight excluding hydrogens is 250 g/mol. The van der Waals surface area contributed by atoms with E-state index in [4.69, 9.17) is 4.42 Å². The number of benzene rings is 2. The molecule has 100 valence electrons. The highest BCUT2D eigenvalue weighted by molar-refractivity contribution is 5.94. The minimum atomic E-state index is -0.00828. The molecule has 0 aliphatic carbocycles. The van der Waals surface area contributed by atoms with Gasteiger partial charge in [0.25, 0.3) is 5.91 Å². The summed E-state index contributed by atoms with van der Waals surface area (Å²) in [5.74, 6) is 0.782. The maximum absolute atomic E-state index is 12.2. The van der Waals surface area contributed by atoms with Gasteiger partial charge in [0.15, 0.2) is 0 Å². The highest BCUT2D eigenvalue weighted by atomic mass is 16.3. The van der Waals surface area contributed by atoms with Crippen LogP contribution in [0.2, 0.25) is 0 Å². The van der Waals surface area contributed by atoms with Crippen molar-refractivity contribution < 1.29 is 9.21 Å². The second kappa shape index (κ2) is 5.21. The zero-order chi connectivity index (χ0) is 13.9. The number of carbonyl (C=O) groups excluding carboxylic acids is 1. The second-order valence-corrected chi connectivity index (χ2v) is 4.78. The Balaban J connectivity index is 1.78. The van der Waals surface area contributed by atoms with Crippen LogP contribution in [0.4, 0.5) is 0 Å². The Bertz CT molecular complexity index is 698. The largest absolute Gasteiger partial charge is 0.459 e. The SMILES string of the molecule is CN(Cc1cc2ccccc2o1)C(=O)c1ccccc1. The molecular formula is C17H15NO2. The van der Waals surface area contributed by atoms with Crippen LogP contribution in [0.25, 0.3) is 11.0 Å². The predicted molar refractivity (Wildman–Crippen MR) is 78.5 cm³/mol. The molecule has 20 heavy (non-hydrogen) atoms. The van der Waals surface area contributed by atoms with Crippen LogP contribution in [0.3, 0.4) is 0 Å². The van der Waals surface area contributed by atoms with Crippen LogP contribution >= 0.6 is 0 Å². The number of furan rings is 1. The minimum Gasteiger partial charge on any atom is -0.459 e. The Morgan fingerprint density at radius 3 is 2.50 bits per heavy atom. The molecule has 1 aromatic heterocycles. The Labute approximate surface area is 117 Å². The number of fused-ring (bicyclic) bond motifs is 1. The second-order valence-electron chi connectivity index (χ2n) is 4.78. The molecule has 0 spiro atoms. The molecule has 0 aliphatic rings. The molecule has 0 fully saturated rings. The van der Waals surface area contributed by atoms with Crippen molar-refractivity contribution in [3.05, 3.63) is 72.0 Å². The molecule has 0 N–H and O–H groups in total. The number of para-hydroxylation sites is 1. The van der Waals surface area contributed by atoms with E-state index in [1.807, 2.05) is 60.7 Å². The average molecular weight is 265 g/mol. The number of nitrogens with zero attached hydrogens (tertiary/aromatic N) is 1. The molecule has 3 heteroatoms. The third-order valence-corrected chi connectivity index (χ3v) is 3.24. The van der Waals surface area contributed by atoms with Crippen molar-refractivity contribution in [1.29, 1.82) is 0 Å². The topological polar surface area (TPSA) is 33.5 Å². The third-order valence-electron chi connectivity index (χ3n) is 3.24. The van der Waals surface area contributed by atoms with Crippen LogP contribution in [0.15, 0.2) is 65.1 Å². The highest BCUT2D eigenvalue weighted by Crippen LogP contribution is 2.20. The summed E-state index contributed by atoms with van der Waals surface area (Å²) in [6, 6.07) is 19.1. The first-order chi connectivity index (χ1) is 9.74. The van der Waals surface area contributed by atoms with E-state index in [0.717, 1.165) is 16.7 Å². The standard InChI is InChI=1S/C17H15NO2/c1-18(17(19)13-7-3-2-4-8-13)12-15-11-14-9-5-6-10-16(14)20-15/h2-11H,12H2,1H3. The first-order valence-electron chi connectivity index (χ1n) is 6.52. The van der Waals surface area contributed by atoms with Gasteiger partial charge in [0.1, 0.15) is 11.3 Å². The maximum atomic E-state index is 12.2. The van der Waals surface area contributed by atoms with E-state index < -0.39 is 0 Å². The summed E-state index contributed by atoms with van der Waals surface area (Å²) in [4.78, 5) is 13.9. The van der Waals surface area contributed by atoms with Gasteiger partial charge in [-0.25, -0.2) is 0 Å². The summed E-state index contributed by atoms with van der Waals surface area (Å²) in [5.41, 5.74) is 1.54. The molecule has 0 bridgehead atoms. The van der Waals surface area contributed by atoms with Gasteiger partial charge in [0.2, 0.25) is 0 Å². The number of carbonyl (C=O) groups is 1. The number of hydrogen-bond acceptors (Lipinski definition) is 2. The van der Waals surface area contributed by atoms with Gasteiger partial charge >= 0.3 is 0 Å². The van der Waals surface area contributed by atoms with Gasteiger partial charge in [-0.3, -0.25) is 4.79 Å². The molecule has 3 rings (SSSR count). The molecule has 0 aliphatic heterocycles. The van der Waals surface area contributed by atoms with Gasteiger partial charge < -0.3 is 9.32 Å². The van der Waals surface area contributed by atoms with Crippen molar-refractivity contribution in [2.45, 2.75) is 6.54 Å². The Morgan fingerprint density at radius 2 is 1.75 bits per heavy atom. The molecule has 2 aromatic carbocycles. The zero-order valence-electron chi connectivity index (χ0n) is 11.2. The molecule has 0 saturated carbocycles. The van der Waals surface area contributed by atoms with Crippen molar-refractivity contribution in [3.8, 4) is 0 Å². The summed E-state index contributed by atoms with van der Waals surface area (Å²) < 4.78 is 5.73. The lowest BCUT2D eigenvalue weighted by Crippen LogP contribution is -2.25. The first kappa shape index (κ1) is 12.5. The molecule has 0 atom stereocenters. The van der Waals surface area contributed by atoms with Crippen LogP contribution in [0.5, 0.6) is 0 Å². The van der Waals surface area contributed by atoms with E-state index >= 15 is 0 Å². The summed E-state index contributed by atoms with van der Waals surface area (Å²) >= 11 is 0. The van der Waals surface area contributed by atoms with Gasteiger partial charge in [0, 0.05) is 18.0 Å². The normalized spacial score (nSPS) is 10.7. The molecule has 0 unspecified atom stereocenters. The predicted octanol–water partition coefficient (Wildman–Crippen LogP) is 3.71. The molecule has 0 radical (unpaired) electrons. The van der Waals surface area contributed by atoms with E-state index in [1.54, 1.807) is 11.9 Å². The lowest BCUT2D eigenvalue weighted by Gasteiger charge is -2.15. The lowest BCUT2D eigenvalue weighted by molar-refractivity contribution is 0.0776. The van der Waals surface area contributed by atoms with Gasteiger partial charge in [-0.1, -0.05) is 36.4 Å². The number of amides is 1.